The molecule has 1 unspecified atom stereocenters. The van der Waals surface area contributed by atoms with Crippen molar-refractivity contribution in [1.82, 2.24) is 0 Å². The van der Waals surface area contributed by atoms with E-state index >= 15 is 0 Å². The first-order valence-corrected chi connectivity index (χ1v) is 22.6. The third kappa shape index (κ3) is 39.5. The molecule has 0 rings (SSSR count). The van der Waals surface area contributed by atoms with E-state index in [1.165, 1.54) is 77.0 Å². The van der Waals surface area contributed by atoms with Gasteiger partial charge in [-0.3, -0.25) is 18.6 Å². The van der Waals surface area contributed by atoms with Gasteiger partial charge in [-0.15, -0.1) is 0 Å². The van der Waals surface area contributed by atoms with Crippen LogP contribution in [0.2, 0.25) is 0 Å². The van der Waals surface area contributed by atoms with Crippen molar-refractivity contribution in [2.75, 3.05) is 26.4 Å². The molecule has 10 heteroatoms. The van der Waals surface area contributed by atoms with Gasteiger partial charge in [0.2, 0.25) is 0 Å². The summed E-state index contributed by atoms with van der Waals surface area (Å²) in [5, 5.41) is 0. The molecule has 9 nitrogen and oxygen atoms in total. The number of hydrogen-bond acceptors (Lipinski definition) is 8. The van der Waals surface area contributed by atoms with Crippen molar-refractivity contribution < 1.29 is 37.6 Å². The molecule has 0 aromatic carbocycles. The van der Waals surface area contributed by atoms with Crippen molar-refractivity contribution in [2.24, 2.45) is 5.73 Å². The summed E-state index contributed by atoms with van der Waals surface area (Å²) in [4.78, 5) is 34.8. The molecule has 0 aliphatic carbocycles. The Balaban J connectivity index is 4.20. The molecule has 0 saturated heterocycles. The molecule has 0 fully saturated rings. The number of carbonyl (C=O) groups is 2. The number of ether oxygens (including phenoxy) is 2. The Morgan fingerprint density at radius 1 is 0.585 bits per heavy atom. The summed E-state index contributed by atoms with van der Waals surface area (Å²) in [5.74, 6) is -0.854. The fourth-order valence-electron chi connectivity index (χ4n) is 5.62. The number of phosphoric ester groups is 1. The summed E-state index contributed by atoms with van der Waals surface area (Å²) >= 11 is 0. The second-order valence-corrected chi connectivity index (χ2v) is 15.3. The molecular weight excluding hydrogens is 689 g/mol. The third-order valence-electron chi connectivity index (χ3n) is 8.73. The third-order valence-corrected chi connectivity index (χ3v) is 9.71. The Morgan fingerprint density at radius 2 is 1.04 bits per heavy atom. The van der Waals surface area contributed by atoms with E-state index in [1.807, 2.05) is 0 Å². The summed E-state index contributed by atoms with van der Waals surface area (Å²) < 4.78 is 32.7. The van der Waals surface area contributed by atoms with Gasteiger partial charge in [0.1, 0.15) is 6.61 Å². The molecular formula is C43H78NO8P. The summed E-state index contributed by atoms with van der Waals surface area (Å²) in [6, 6.07) is 0. The molecule has 0 spiro atoms. The highest BCUT2D eigenvalue weighted by Crippen LogP contribution is 2.43. The Kier molecular flexibility index (Phi) is 38.1. The standard InChI is InChI=1S/C43H78NO8P/c1-3-5-7-9-11-13-15-17-19-20-22-23-25-27-29-31-33-35-42(45)49-39-41(40-51-53(47,48)50-38-37-44)52-43(46)36-34-32-30-28-26-24-21-18-16-14-12-10-8-6-4-2/h5,7,11,13,17,19,22-23,41H,3-4,6,8-10,12,14-16,18,20-21,24-40,44H2,1-2H3,(H,47,48)/t41-/m1/s1. The van der Waals surface area contributed by atoms with Gasteiger partial charge in [0.05, 0.1) is 13.2 Å². The van der Waals surface area contributed by atoms with E-state index in [0.717, 1.165) is 64.2 Å². The summed E-state index contributed by atoms with van der Waals surface area (Å²) in [6.07, 6.45) is 44.2. The Morgan fingerprint density at radius 3 is 1.55 bits per heavy atom. The van der Waals surface area contributed by atoms with E-state index in [1.54, 1.807) is 0 Å². The lowest BCUT2D eigenvalue weighted by Gasteiger charge is -2.19. The zero-order valence-corrected chi connectivity index (χ0v) is 34.6. The van der Waals surface area contributed by atoms with Crippen molar-refractivity contribution in [3.05, 3.63) is 48.6 Å². The maximum atomic E-state index is 12.6. The van der Waals surface area contributed by atoms with Gasteiger partial charge >= 0.3 is 19.8 Å². The van der Waals surface area contributed by atoms with Gasteiger partial charge in [-0.05, 0) is 51.4 Å². The highest BCUT2D eigenvalue weighted by atomic mass is 31.2. The van der Waals surface area contributed by atoms with Gasteiger partial charge in [0, 0.05) is 19.4 Å². The van der Waals surface area contributed by atoms with Crippen molar-refractivity contribution >= 4 is 19.8 Å². The number of unbranched alkanes of at least 4 members (excludes halogenated alkanes) is 18. The van der Waals surface area contributed by atoms with E-state index in [2.05, 4.69) is 62.5 Å². The van der Waals surface area contributed by atoms with Crippen LogP contribution < -0.4 is 5.73 Å². The quantitative estimate of drug-likeness (QED) is 0.0271. The average molecular weight is 768 g/mol. The summed E-state index contributed by atoms with van der Waals surface area (Å²) in [6.45, 7) is 3.59. The smallest absolute Gasteiger partial charge is 0.462 e. The largest absolute Gasteiger partial charge is 0.472 e. The monoisotopic (exact) mass is 768 g/mol. The van der Waals surface area contributed by atoms with Gasteiger partial charge in [-0.2, -0.15) is 0 Å². The van der Waals surface area contributed by atoms with Gasteiger partial charge in [0.25, 0.3) is 0 Å². The zero-order valence-electron chi connectivity index (χ0n) is 33.7. The number of esters is 2. The van der Waals surface area contributed by atoms with E-state index in [-0.39, 0.29) is 32.6 Å². The Hall–Kier alpha value is -2.03. The van der Waals surface area contributed by atoms with Crippen LogP contribution in [-0.2, 0) is 32.7 Å². The maximum Gasteiger partial charge on any atom is 0.472 e. The van der Waals surface area contributed by atoms with Crippen molar-refractivity contribution in [2.45, 2.75) is 187 Å². The fourth-order valence-corrected chi connectivity index (χ4v) is 6.39. The number of hydrogen-bond donors (Lipinski definition) is 2. The molecule has 0 aliphatic rings. The number of allylic oxidation sites excluding steroid dienone is 8. The van der Waals surface area contributed by atoms with E-state index in [4.69, 9.17) is 24.3 Å². The molecule has 0 saturated carbocycles. The summed E-state index contributed by atoms with van der Waals surface area (Å²) in [5.41, 5.74) is 5.34. The fraction of sp³-hybridized carbons (Fsp3) is 0.767. The SMILES string of the molecule is CCC=CCC=CCC=CCC=CCCCCCCC(=O)OC[C@H](COP(=O)(O)OCCN)OC(=O)CCCCCCCCCCCCCCCCC. The molecule has 0 bridgehead atoms. The van der Waals surface area contributed by atoms with E-state index in [0.29, 0.717) is 12.8 Å². The molecule has 0 aliphatic heterocycles. The number of phosphoric acid groups is 1. The highest BCUT2D eigenvalue weighted by molar-refractivity contribution is 7.47. The van der Waals surface area contributed by atoms with Crippen LogP contribution in [0.5, 0.6) is 0 Å². The zero-order chi connectivity index (χ0) is 38.9. The van der Waals surface area contributed by atoms with Gasteiger partial charge in [0.15, 0.2) is 6.10 Å². The van der Waals surface area contributed by atoms with Crippen LogP contribution in [0.25, 0.3) is 0 Å². The van der Waals surface area contributed by atoms with Crippen LogP contribution in [0.15, 0.2) is 48.6 Å². The Labute approximate surface area is 324 Å². The van der Waals surface area contributed by atoms with Crippen LogP contribution in [-0.4, -0.2) is 49.3 Å². The van der Waals surface area contributed by atoms with Gasteiger partial charge < -0.3 is 20.1 Å². The minimum Gasteiger partial charge on any atom is -0.462 e. The molecule has 0 heterocycles. The number of nitrogens with two attached hydrogens (primary N) is 1. The minimum atomic E-state index is -4.38. The second-order valence-electron chi connectivity index (χ2n) is 13.8. The normalized spacial score (nSPS) is 13.8. The Bertz CT molecular complexity index is 1010. The van der Waals surface area contributed by atoms with Crippen LogP contribution in [0.3, 0.4) is 0 Å². The van der Waals surface area contributed by atoms with E-state index in [9.17, 15) is 19.0 Å². The van der Waals surface area contributed by atoms with Gasteiger partial charge in [-0.25, -0.2) is 4.57 Å². The molecule has 308 valence electrons. The number of rotatable bonds is 39. The van der Waals surface area contributed by atoms with Crippen molar-refractivity contribution in [3.8, 4) is 0 Å². The maximum absolute atomic E-state index is 12.6. The first-order valence-electron chi connectivity index (χ1n) is 21.1. The minimum absolute atomic E-state index is 0.0492. The topological polar surface area (TPSA) is 134 Å². The van der Waals surface area contributed by atoms with E-state index < -0.39 is 32.5 Å². The molecule has 0 aromatic rings. The molecule has 0 radical (unpaired) electrons. The van der Waals surface area contributed by atoms with Crippen LogP contribution >= 0.6 is 7.82 Å². The van der Waals surface area contributed by atoms with Crippen LogP contribution in [0.4, 0.5) is 0 Å². The molecule has 53 heavy (non-hydrogen) atoms. The second kappa shape index (κ2) is 39.7. The molecule has 2 atom stereocenters. The van der Waals surface area contributed by atoms with Crippen molar-refractivity contribution in [3.63, 3.8) is 0 Å². The van der Waals surface area contributed by atoms with Crippen molar-refractivity contribution in [1.29, 1.82) is 0 Å². The predicted molar refractivity (Wildman–Crippen MR) is 220 cm³/mol. The van der Waals surface area contributed by atoms with Crippen LogP contribution in [0, 0.1) is 0 Å². The van der Waals surface area contributed by atoms with Crippen LogP contribution in [0.1, 0.15) is 181 Å². The molecule has 0 aromatic heterocycles. The predicted octanol–water partition coefficient (Wildman–Crippen LogP) is 11.9. The molecule has 0 amide bonds. The summed E-state index contributed by atoms with van der Waals surface area (Å²) in [7, 11) is -4.38. The lowest BCUT2D eigenvalue weighted by Crippen LogP contribution is -2.29. The average Bonchev–Trinajstić information content (AvgIpc) is 3.14. The first kappa shape index (κ1) is 51.0. The lowest BCUT2D eigenvalue weighted by atomic mass is 10.0. The highest BCUT2D eigenvalue weighted by Gasteiger charge is 2.26. The van der Waals surface area contributed by atoms with Gasteiger partial charge in [-0.1, -0.05) is 165 Å². The number of carbonyl (C=O) groups excluding carboxylic acids is 2. The first-order chi connectivity index (χ1) is 25.8. The lowest BCUT2D eigenvalue weighted by molar-refractivity contribution is -0.161. The molecule has 3 N–H and O–H groups in total.